The maximum absolute atomic E-state index is 13.1. The van der Waals surface area contributed by atoms with E-state index in [1.165, 1.54) is 44.5 Å². The Morgan fingerprint density at radius 1 is 1.21 bits per heavy atom. The molecule has 0 bridgehead atoms. The normalized spacial score (nSPS) is 21.2. The number of hydrogen-bond acceptors (Lipinski definition) is 3. The van der Waals surface area contributed by atoms with Crippen molar-refractivity contribution in [2.45, 2.75) is 39.0 Å². The van der Waals surface area contributed by atoms with Gasteiger partial charge in [0.1, 0.15) is 5.82 Å². The molecule has 5 nitrogen and oxygen atoms in total. The van der Waals surface area contributed by atoms with E-state index in [-0.39, 0.29) is 29.5 Å². The molecular weight excluding hydrogens is 393 g/mol. The van der Waals surface area contributed by atoms with E-state index in [1.54, 1.807) is 0 Å². The lowest BCUT2D eigenvalue weighted by Gasteiger charge is -2.38. The largest absolute Gasteiger partial charge is 0.351 e. The predicted molar refractivity (Wildman–Crippen MR) is 113 cm³/mol. The van der Waals surface area contributed by atoms with Gasteiger partial charge in [-0.25, -0.2) is 4.39 Å². The summed E-state index contributed by atoms with van der Waals surface area (Å²) in [5, 5.41) is 2.78. The van der Waals surface area contributed by atoms with E-state index in [0.717, 1.165) is 38.0 Å². The highest BCUT2D eigenvalue weighted by atomic mass is 35.5. The minimum absolute atomic E-state index is 0.0693. The van der Waals surface area contributed by atoms with Crippen LogP contribution >= 0.6 is 11.6 Å². The number of amides is 2. The van der Waals surface area contributed by atoms with Gasteiger partial charge < -0.3 is 15.1 Å². The van der Waals surface area contributed by atoms with Gasteiger partial charge in [-0.05, 0) is 68.8 Å². The molecule has 1 aromatic carbocycles. The maximum atomic E-state index is 13.1. The standard InChI is InChI=1S/C22H31ClFN3O2/c1-16-7-11-26(12-8-16)14-17-3-2-10-27(15-17)21(28)6-9-25-22(29)19-5-4-18(24)13-20(19)23/h4-5,13,16-17H,2-3,6-12,14-15H2,1H3,(H,25,29). The summed E-state index contributed by atoms with van der Waals surface area (Å²) in [4.78, 5) is 29.3. The van der Waals surface area contributed by atoms with Gasteiger partial charge in [0.15, 0.2) is 0 Å². The Kier molecular flexibility index (Phi) is 7.90. The van der Waals surface area contributed by atoms with Gasteiger partial charge in [0.05, 0.1) is 10.6 Å². The number of carbonyl (C=O) groups is 2. The lowest BCUT2D eigenvalue weighted by Crippen LogP contribution is -2.45. The van der Waals surface area contributed by atoms with E-state index in [2.05, 4.69) is 17.1 Å². The summed E-state index contributed by atoms with van der Waals surface area (Å²) in [6, 6.07) is 3.66. The van der Waals surface area contributed by atoms with Gasteiger partial charge >= 0.3 is 0 Å². The number of halogens is 2. The highest BCUT2D eigenvalue weighted by molar-refractivity contribution is 6.33. The van der Waals surface area contributed by atoms with Crippen molar-refractivity contribution in [2.24, 2.45) is 11.8 Å². The van der Waals surface area contributed by atoms with Crippen LogP contribution in [-0.4, -0.2) is 60.9 Å². The molecule has 3 rings (SSSR count). The Bertz CT molecular complexity index is 722. The molecule has 1 atom stereocenters. The first-order valence-electron chi connectivity index (χ1n) is 10.7. The number of nitrogens with one attached hydrogen (secondary N) is 1. The second kappa shape index (κ2) is 10.4. The summed E-state index contributed by atoms with van der Waals surface area (Å²) in [7, 11) is 0. The van der Waals surface area contributed by atoms with Gasteiger partial charge in [0.2, 0.25) is 5.91 Å². The van der Waals surface area contributed by atoms with Crippen LogP contribution in [0.1, 0.15) is 49.4 Å². The number of rotatable bonds is 6. The lowest BCUT2D eigenvalue weighted by molar-refractivity contribution is -0.133. The molecule has 1 unspecified atom stereocenters. The quantitative estimate of drug-likeness (QED) is 0.761. The van der Waals surface area contributed by atoms with Gasteiger partial charge in [-0.1, -0.05) is 18.5 Å². The summed E-state index contributed by atoms with van der Waals surface area (Å²) in [5.41, 5.74) is 0.217. The number of benzene rings is 1. The number of hydrogen-bond donors (Lipinski definition) is 1. The molecule has 2 fully saturated rings. The average Bonchev–Trinajstić information content (AvgIpc) is 2.70. The molecule has 2 saturated heterocycles. The summed E-state index contributed by atoms with van der Waals surface area (Å²) in [6.45, 7) is 7.59. The fourth-order valence-electron chi connectivity index (χ4n) is 4.26. The summed E-state index contributed by atoms with van der Waals surface area (Å²) in [6.07, 6.45) is 5.02. The van der Waals surface area contributed by atoms with Gasteiger partial charge in [0.25, 0.3) is 5.91 Å². The number of piperidine rings is 2. The van der Waals surface area contributed by atoms with Crippen molar-refractivity contribution in [3.63, 3.8) is 0 Å². The van der Waals surface area contributed by atoms with E-state index in [4.69, 9.17) is 11.6 Å². The zero-order valence-corrected chi connectivity index (χ0v) is 17.9. The van der Waals surface area contributed by atoms with Crippen LogP contribution in [0.2, 0.25) is 5.02 Å². The van der Waals surface area contributed by atoms with Crippen molar-refractivity contribution in [3.05, 3.63) is 34.6 Å². The average molecular weight is 424 g/mol. The number of likely N-dealkylation sites (tertiary alicyclic amines) is 2. The zero-order chi connectivity index (χ0) is 20.8. The SMILES string of the molecule is CC1CCN(CC2CCCN(C(=O)CCNC(=O)c3ccc(F)cc3Cl)C2)CC1. The Morgan fingerprint density at radius 3 is 2.69 bits per heavy atom. The molecule has 0 radical (unpaired) electrons. The molecule has 0 spiro atoms. The van der Waals surface area contributed by atoms with Crippen molar-refractivity contribution in [3.8, 4) is 0 Å². The van der Waals surface area contributed by atoms with Gasteiger partial charge in [0, 0.05) is 32.6 Å². The van der Waals surface area contributed by atoms with Crippen LogP contribution in [0.3, 0.4) is 0 Å². The molecule has 7 heteroatoms. The lowest BCUT2D eigenvalue weighted by atomic mass is 9.94. The van der Waals surface area contributed by atoms with Crippen LogP contribution < -0.4 is 5.32 Å². The molecule has 1 aromatic rings. The van der Waals surface area contributed by atoms with Gasteiger partial charge in [-0.15, -0.1) is 0 Å². The summed E-state index contributed by atoms with van der Waals surface area (Å²) in [5.74, 6) is 0.566. The first-order chi connectivity index (χ1) is 13.9. The number of carbonyl (C=O) groups excluding carboxylic acids is 2. The second-order valence-corrected chi connectivity index (χ2v) is 8.87. The molecule has 0 aromatic heterocycles. The highest BCUT2D eigenvalue weighted by Gasteiger charge is 2.26. The predicted octanol–water partition coefficient (Wildman–Crippen LogP) is 3.57. The topological polar surface area (TPSA) is 52.6 Å². The molecule has 2 amide bonds. The minimum atomic E-state index is -0.486. The van der Waals surface area contributed by atoms with Crippen LogP contribution in [0.4, 0.5) is 4.39 Å². The fourth-order valence-corrected chi connectivity index (χ4v) is 4.51. The molecule has 2 heterocycles. The molecule has 1 N–H and O–H groups in total. The van der Waals surface area contributed by atoms with Crippen LogP contribution in [0, 0.1) is 17.7 Å². The van der Waals surface area contributed by atoms with E-state index in [9.17, 15) is 14.0 Å². The van der Waals surface area contributed by atoms with Crippen molar-refractivity contribution in [2.75, 3.05) is 39.3 Å². The molecule has 0 saturated carbocycles. The van der Waals surface area contributed by atoms with Crippen LogP contribution in [-0.2, 0) is 4.79 Å². The van der Waals surface area contributed by atoms with Crippen LogP contribution in [0.15, 0.2) is 18.2 Å². The van der Waals surface area contributed by atoms with Gasteiger partial charge in [-0.2, -0.15) is 0 Å². The van der Waals surface area contributed by atoms with E-state index in [0.29, 0.717) is 5.92 Å². The minimum Gasteiger partial charge on any atom is -0.351 e. The monoisotopic (exact) mass is 423 g/mol. The Hall–Kier alpha value is -1.66. The third kappa shape index (κ3) is 6.41. The smallest absolute Gasteiger partial charge is 0.252 e. The van der Waals surface area contributed by atoms with Crippen molar-refractivity contribution in [1.82, 2.24) is 15.1 Å². The molecule has 2 aliphatic rings. The van der Waals surface area contributed by atoms with Crippen molar-refractivity contribution in [1.29, 1.82) is 0 Å². The third-order valence-electron chi connectivity index (χ3n) is 6.06. The molecule has 160 valence electrons. The zero-order valence-electron chi connectivity index (χ0n) is 17.1. The molecule has 29 heavy (non-hydrogen) atoms. The fraction of sp³-hybridized carbons (Fsp3) is 0.636. The summed E-state index contributed by atoms with van der Waals surface area (Å²) < 4.78 is 13.1. The van der Waals surface area contributed by atoms with Crippen LogP contribution in [0.25, 0.3) is 0 Å². The molecular formula is C22H31ClFN3O2. The van der Waals surface area contributed by atoms with Crippen LogP contribution in [0.5, 0.6) is 0 Å². The van der Waals surface area contributed by atoms with Crippen molar-refractivity contribution < 1.29 is 14.0 Å². The second-order valence-electron chi connectivity index (χ2n) is 8.46. The highest BCUT2D eigenvalue weighted by Crippen LogP contribution is 2.22. The Labute approximate surface area is 177 Å². The number of nitrogens with zero attached hydrogens (tertiary/aromatic N) is 2. The Balaban J connectivity index is 1.41. The van der Waals surface area contributed by atoms with Gasteiger partial charge in [-0.3, -0.25) is 9.59 Å². The molecule has 0 aliphatic carbocycles. The first kappa shape index (κ1) is 22.0. The molecule has 2 aliphatic heterocycles. The van der Waals surface area contributed by atoms with E-state index in [1.807, 2.05) is 4.90 Å². The first-order valence-corrected chi connectivity index (χ1v) is 11.0. The van der Waals surface area contributed by atoms with E-state index < -0.39 is 11.7 Å². The Morgan fingerprint density at radius 2 is 1.97 bits per heavy atom. The maximum Gasteiger partial charge on any atom is 0.252 e. The summed E-state index contributed by atoms with van der Waals surface area (Å²) >= 11 is 5.91. The van der Waals surface area contributed by atoms with Crippen molar-refractivity contribution >= 4 is 23.4 Å². The van der Waals surface area contributed by atoms with E-state index >= 15 is 0 Å². The third-order valence-corrected chi connectivity index (χ3v) is 6.38.